The van der Waals surface area contributed by atoms with Crippen molar-refractivity contribution in [3.8, 4) is 11.5 Å². The van der Waals surface area contributed by atoms with E-state index in [9.17, 15) is 0 Å². The highest BCUT2D eigenvalue weighted by atomic mass is 16.5. The number of benzene rings is 1. The third-order valence-corrected chi connectivity index (χ3v) is 2.41. The molecule has 1 aromatic carbocycles. The van der Waals surface area contributed by atoms with Crippen LogP contribution in [0.5, 0.6) is 11.5 Å². The number of rotatable bonds is 0. The van der Waals surface area contributed by atoms with E-state index in [1.54, 1.807) is 0 Å². The van der Waals surface area contributed by atoms with Gasteiger partial charge in [0.1, 0.15) is 11.5 Å². The second-order valence-electron chi connectivity index (χ2n) is 3.65. The molecule has 0 spiro atoms. The lowest BCUT2D eigenvalue weighted by molar-refractivity contribution is 0.274. The summed E-state index contributed by atoms with van der Waals surface area (Å²) in [5, 5.41) is 6.42. The van der Waals surface area contributed by atoms with Crippen molar-refractivity contribution in [3.05, 3.63) is 12.1 Å². The first-order chi connectivity index (χ1) is 6.72. The molecule has 4 heteroatoms. The third-order valence-electron chi connectivity index (χ3n) is 2.41. The number of anilines is 2. The van der Waals surface area contributed by atoms with Gasteiger partial charge in [0, 0.05) is 12.1 Å². The molecular weight excluding hydrogens is 180 g/mol. The summed E-state index contributed by atoms with van der Waals surface area (Å²) >= 11 is 0. The van der Waals surface area contributed by atoms with Crippen LogP contribution in [0.2, 0.25) is 0 Å². The van der Waals surface area contributed by atoms with Gasteiger partial charge in [-0.1, -0.05) is 0 Å². The number of fused-ring (bicyclic) bond motifs is 2. The zero-order valence-electron chi connectivity index (χ0n) is 8.13. The number of ether oxygens (including phenoxy) is 2. The van der Waals surface area contributed by atoms with Crippen LogP contribution in [0.25, 0.3) is 0 Å². The van der Waals surface area contributed by atoms with Gasteiger partial charge in [0.25, 0.3) is 0 Å². The van der Waals surface area contributed by atoms with Crippen LogP contribution < -0.4 is 20.1 Å². The molecule has 3 rings (SSSR count). The molecule has 2 heterocycles. The minimum atomic E-state index is 0.0462. The highest BCUT2D eigenvalue weighted by Gasteiger charge is 2.25. The first-order valence-electron chi connectivity index (χ1n) is 4.77. The van der Waals surface area contributed by atoms with Gasteiger partial charge in [0.05, 0.1) is 11.4 Å². The second kappa shape index (κ2) is 2.47. The van der Waals surface area contributed by atoms with E-state index in [0.717, 1.165) is 22.9 Å². The highest BCUT2D eigenvalue weighted by Crippen LogP contribution is 2.43. The van der Waals surface area contributed by atoms with Gasteiger partial charge in [-0.15, -0.1) is 0 Å². The Morgan fingerprint density at radius 1 is 0.929 bits per heavy atom. The zero-order chi connectivity index (χ0) is 9.71. The maximum absolute atomic E-state index is 5.56. The minimum Gasteiger partial charge on any atom is -0.469 e. The molecule has 0 bridgehead atoms. The van der Waals surface area contributed by atoms with Crippen LogP contribution >= 0.6 is 0 Å². The SMILES string of the molecule is CC1Nc2cc3c(cc2O1)NC(C)O3. The summed E-state index contributed by atoms with van der Waals surface area (Å²) in [5.74, 6) is 1.78. The van der Waals surface area contributed by atoms with Gasteiger partial charge in [-0.05, 0) is 13.8 Å². The molecule has 2 aliphatic rings. The molecule has 0 aromatic heterocycles. The van der Waals surface area contributed by atoms with Gasteiger partial charge in [0.15, 0.2) is 12.5 Å². The first kappa shape index (κ1) is 7.79. The Morgan fingerprint density at radius 2 is 1.36 bits per heavy atom. The van der Waals surface area contributed by atoms with Crippen molar-refractivity contribution >= 4 is 11.4 Å². The van der Waals surface area contributed by atoms with Crippen LogP contribution in [0.3, 0.4) is 0 Å². The average Bonchev–Trinajstić information content (AvgIpc) is 2.59. The van der Waals surface area contributed by atoms with Gasteiger partial charge >= 0.3 is 0 Å². The summed E-state index contributed by atoms with van der Waals surface area (Å²) in [5.41, 5.74) is 2.01. The summed E-state index contributed by atoms with van der Waals surface area (Å²) in [6.45, 7) is 3.95. The average molecular weight is 192 g/mol. The van der Waals surface area contributed by atoms with Crippen LogP contribution in [-0.4, -0.2) is 12.5 Å². The normalized spacial score (nSPS) is 26.7. The summed E-state index contributed by atoms with van der Waals surface area (Å²) in [7, 11) is 0. The van der Waals surface area contributed by atoms with Crippen molar-refractivity contribution in [3.63, 3.8) is 0 Å². The highest BCUT2D eigenvalue weighted by molar-refractivity contribution is 5.74. The Bertz CT molecular complexity index is 324. The van der Waals surface area contributed by atoms with Crippen molar-refractivity contribution in [2.45, 2.75) is 26.3 Å². The monoisotopic (exact) mass is 192 g/mol. The van der Waals surface area contributed by atoms with Crippen LogP contribution in [0.4, 0.5) is 11.4 Å². The fraction of sp³-hybridized carbons (Fsp3) is 0.400. The number of nitrogens with one attached hydrogen (secondary N) is 2. The van der Waals surface area contributed by atoms with Crippen LogP contribution in [-0.2, 0) is 0 Å². The Balaban J connectivity index is 2.05. The standard InChI is InChI=1S/C10H12N2O2/c1-5-11-7-3-10-8(4-9(7)13-5)12-6(2)14-10/h3-6,11-12H,1-2H3. The number of hydrogen-bond donors (Lipinski definition) is 2. The quantitative estimate of drug-likeness (QED) is 0.659. The fourth-order valence-electron chi connectivity index (χ4n) is 1.86. The van der Waals surface area contributed by atoms with Gasteiger partial charge < -0.3 is 20.1 Å². The molecule has 1 aromatic rings. The van der Waals surface area contributed by atoms with Crippen LogP contribution in [0, 0.1) is 0 Å². The summed E-state index contributed by atoms with van der Waals surface area (Å²) < 4.78 is 11.1. The van der Waals surface area contributed by atoms with Crippen molar-refractivity contribution in [1.29, 1.82) is 0 Å². The minimum absolute atomic E-state index is 0.0462. The zero-order valence-corrected chi connectivity index (χ0v) is 8.13. The predicted octanol–water partition coefficient (Wildman–Crippen LogP) is 1.99. The van der Waals surface area contributed by atoms with E-state index in [0.29, 0.717) is 0 Å². The molecule has 0 aliphatic carbocycles. The van der Waals surface area contributed by atoms with E-state index >= 15 is 0 Å². The lowest BCUT2D eigenvalue weighted by Gasteiger charge is -2.02. The third kappa shape index (κ3) is 0.999. The molecule has 2 atom stereocenters. The van der Waals surface area contributed by atoms with E-state index < -0.39 is 0 Å². The molecule has 0 amide bonds. The van der Waals surface area contributed by atoms with Crippen LogP contribution in [0.15, 0.2) is 12.1 Å². The molecule has 4 nitrogen and oxygen atoms in total. The molecule has 2 N–H and O–H groups in total. The molecular formula is C10H12N2O2. The second-order valence-corrected chi connectivity index (χ2v) is 3.65. The molecule has 14 heavy (non-hydrogen) atoms. The summed E-state index contributed by atoms with van der Waals surface area (Å²) in [6, 6.07) is 3.95. The van der Waals surface area contributed by atoms with E-state index in [1.807, 2.05) is 26.0 Å². The lowest BCUT2D eigenvalue weighted by Crippen LogP contribution is -2.15. The fourth-order valence-corrected chi connectivity index (χ4v) is 1.86. The lowest BCUT2D eigenvalue weighted by atomic mass is 10.2. The van der Waals surface area contributed by atoms with E-state index in [2.05, 4.69) is 10.6 Å². The molecule has 2 aliphatic heterocycles. The predicted molar refractivity (Wildman–Crippen MR) is 53.9 cm³/mol. The van der Waals surface area contributed by atoms with Gasteiger partial charge in [-0.3, -0.25) is 0 Å². The van der Waals surface area contributed by atoms with E-state index in [4.69, 9.17) is 9.47 Å². The molecule has 74 valence electrons. The largest absolute Gasteiger partial charge is 0.469 e. The van der Waals surface area contributed by atoms with Crippen molar-refractivity contribution in [1.82, 2.24) is 0 Å². The van der Waals surface area contributed by atoms with Gasteiger partial charge in [0.2, 0.25) is 0 Å². The summed E-state index contributed by atoms with van der Waals surface area (Å²) in [4.78, 5) is 0. The van der Waals surface area contributed by atoms with Crippen molar-refractivity contribution in [2.75, 3.05) is 10.6 Å². The Kier molecular flexibility index (Phi) is 1.37. The molecule has 0 radical (unpaired) electrons. The smallest absolute Gasteiger partial charge is 0.167 e. The Hall–Kier alpha value is -1.58. The van der Waals surface area contributed by atoms with E-state index in [-0.39, 0.29) is 12.5 Å². The van der Waals surface area contributed by atoms with Crippen LogP contribution in [0.1, 0.15) is 13.8 Å². The Labute approximate surface area is 82.2 Å². The maximum Gasteiger partial charge on any atom is 0.167 e. The van der Waals surface area contributed by atoms with Gasteiger partial charge in [-0.25, -0.2) is 0 Å². The molecule has 0 saturated carbocycles. The number of hydrogen-bond acceptors (Lipinski definition) is 4. The molecule has 2 unspecified atom stereocenters. The molecule has 0 saturated heterocycles. The van der Waals surface area contributed by atoms with Gasteiger partial charge in [-0.2, -0.15) is 0 Å². The maximum atomic E-state index is 5.56. The van der Waals surface area contributed by atoms with E-state index in [1.165, 1.54) is 0 Å². The van der Waals surface area contributed by atoms with Crippen molar-refractivity contribution < 1.29 is 9.47 Å². The first-order valence-corrected chi connectivity index (χ1v) is 4.77. The molecule has 0 fully saturated rings. The topological polar surface area (TPSA) is 42.5 Å². The summed E-state index contributed by atoms with van der Waals surface area (Å²) in [6.07, 6.45) is 0.0925. The Morgan fingerprint density at radius 3 is 1.79 bits per heavy atom. The van der Waals surface area contributed by atoms with Crippen molar-refractivity contribution in [2.24, 2.45) is 0 Å².